The molecule has 2 aliphatic heterocycles. The van der Waals surface area contributed by atoms with E-state index in [1.165, 1.54) is 8.61 Å². The van der Waals surface area contributed by atoms with Crippen LogP contribution in [0.3, 0.4) is 0 Å². The normalized spacial score (nSPS) is 18.7. The minimum Gasteiger partial charge on any atom is -0.207 e. The highest BCUT2D eigenvalue weighted by atomic mass is 32.2. The quantitative estimate of drug-likeness (QED) is 0.592. The minimum atomic E-state index is -3.60. The van der Waals surface area contributed by atoms with Crippen LogP contribution in [0.5, 0.6) is 0 Å². The van der Waals surface area contributed by atoms with Gasteiger partial charge in [0.15, 0.2) is 0 Å². The molecule has 0 spiro atoms. The largest absolute Gasteiger partial charge is 0.243 e. The number of rotatable bonds is 6. The van der Waals surface area contributed by atoms with Crippen molar-refractivity contribution in [2.75, 3.05) is 26.2 Å². The molecule has 2 aliphatic rings. The zero-order valence-electron chi connectivity index (χ0n) is 18.6. The highest BCUT2D eigenvalue weighted by Crippen LogP contribution is 2.29. The van der Waals surface area contributed by atoms with Crippen molar-refractivity contribution < 1.29 is 16.8 Å². The molecule has 172 valence electrons. The van der Waals surface area contributed by atoms with E-state index in [9.17, 15) is 16.8 Å². The summed E-state index contributed by atoms with van der Waals surface area (Å²) in [5, 5.41) is 0. The third kappa shape index (κ3) is 4.55. The molecule has 32 heavy (non-hydrogen) atoms. The molecule has 0 bridgehead atoms. The van der Waals surface area contributed by atoms with Crippen molar-refractivity contribution in [1.29, 1.82) is 0 Å². The van der Waals surface area contributed by atoms with Gasteiger partial charge >= 0.3 is 0 Å². The Bertz CT molecular complexity index is 1140. The molecule has 0 amide bonds. The van der Waals surface area contributed by atoms with Crippen molar-refractivity contribution >= 4 is 32.2 Å². The first kappa shape index (κ1) is 23.2. The highest BCUT2D eigenvalue weighted by molar-refractivity contribution is 7.89. The highest BCUT2D eigenvalue weighted by Gasteiger charge is 2.30. The van der Waals surface area contributed by atoms with Gasteiger partial charge in [-0.15, -0.1) is 0 Å². The average molecular weight is 475 g/mol. The molecule has 4 rings (SSSR count). The van der Waals surface area contributed by atoms with Crippen LogP contribution in [-0.4, -0.2) is 51.6 Å². The summed E-state index contributed by atoms with van der Waals surface area (Å²) in [6, 6.07) is 10.7. The van der Waals surface area contributed by atoms with E-state index in [-0.39, 0.29) is 9.79 Å². The second-order valence-electron chi connectivity index (χ2n) is 8.64. The number of aryl methyl sites for hydroxylation is 2. The van der Waals surface area contributed by atoms with Crippen LogP contribution in [-0.2, 0) is 20.0 Å². The van der Waals surface area contributed by atoms with Gasteiger partial charge in [0.05, 0.1) is 9.79 Å². The van der Waals surface area contributed by atoms with Crippen LogP contribution >= 0.6 is 0 Å². The first-order valence-electron chi connectivity index (χ1n) is 11.1. The predicted molar refractivity (Wildman–Crippen MR) is 127 cm³/mol. The van der Waals surface area contributed by atoms with Crippen LogP contribution in [0.1, 0.15) is 47.9 Å². The van der Waals surface area contributed by atoms with Gasteiger partial charge in [-0.25, -0.2) is 16.8 Å². The molecular weight excluding hydrogens is 444 g/mol. The van der Waals surface area contributed by atoms with Gasteiger partial charge in [0, 0.05) is 26.2 Å². The fourth-order valence-corrected chi connectivity index (χ4v) is 7.89. The Labute approximate surface area is 191 Å². The Morgan fingerprint density at radius 2 is 0.969 bits per heavy atom. The lowest BCUT2D eigenvalue weighted by atomic mass is 10.1. The molecular formula is C24H30N2O4S2. The fraction of sp³-hybridized carbons (Fsp3) is 0.417. The van der Waals surface area contributed by atoms with Gasteiger partial charge < -0.3 is 0 Å². The maximum absolute atomic E-state index is 13.3. The Morgan fingerprint density at radius 1 is 0.625 bits per heavy atom. The van der Waals surface area contributed by atoms with Gasteiger partial charge in [-0.2, -0.15) is 8.61 Å². The molecule has 0 atom stereocenters. The number of sulfonamides is 2. The van der Waals surface area contributed by atoms with Crippen molar-refractivity contribution in [3.8, 4) is 0 Å². The summed E-state index contributed by atoms with van der Waals surface area (Å²) in [6.45, 7) is 5.89. The van der Waals surface area contributed by atoms with Crippen LogP contribution < -0.4 is 0 Å². The van der Waals surface area contributed by atoms with E-state index in [2.05, 4.69) is 0 Å². The molecule has 2 saturated heterocycles. The average Bonchev–Trinajstić information content (AvgIpc) is 3.48. The number of benzene rings is 2. The summed E-state index contributed by atoms with van der Waals surface area (Å²) in [4.78, 5) is 0.540. The van der Waals surface area contributed by atoms with Gasteiger partial charge in [0.25, 0.3) is 0 Å². The molecule has 0 unspecified atom stereocenters. The lowest BCUT2D eigenvalue weighted by Crippen LogP contribution is -2.28. The maximum atomic E-state index is 13.3. The van der Waals surface area contributed by atoms with E-state index in [0.717, 1.165) is 36.8 Å². The molecule has 0 aromatic heterocycles. The Hall–Kier alpha value is -2.00. The molecule has 0 radical (unpaired) electrons. The number of nitrogens with zero attached hydrogens (tertiary/aromatic N) is 2. The monoisotopic (exact) mass is 474 g/mol. The third-order valence-electron chi connectivity index (χ3n) is 6.15. The van der Waals surface area contributed by atoms with Crippen molar-refractivity contribution in [3.63, 3.8) is 0 Å². The van der Waals surface area contributed by atoms with Crippen LogP contribution in [0.25, 0.3) is 12.2 Å². The molecule has 2 aromatic carbocycles. The summed E-state index contributed by atoms with van der Waals surface area (Å²) < 4.78 is 56.1. The number of hydrogen-bond acceptors (Lipinski definition) is 4. The maximum Gasteiger partial charge on any atom is 0.243 e. The third-order valence-corrected chi connectivity index (χ3v) is 10.1. The van der Waals surface area contributed by atoms with Gasteiger partial charge in [-0.1, -0.05) is 36.4 Å². The van der Waals surface area contributed by atoms with E-state index in [0.29, 0.717) is 37.3 Å². The van der Waals surface area contributed by atoms with E-state index in [4.69, 9.17) is 0 Å². The van der Waals surface area contributed by atoms with Gasteiger partial charge in [-0.05, 0) is 73.9 Å². The zero-order chi connectivity index (χ0) is 22.9. The summed E-state index contributed by atoms with van der Waals surface area (Å²) in [7, 11) is -7.20. The van der Waals surface area contributed by atoms with Crippen molar-refractivity contribution in [3.05, 3.63) is 58.7 Å². The molecule has 2 aromatic rings. The molecule has 8 heteroatoms. The smallest absolute Gasteiger partial charge is 0.207 e. The molecule has 2 heterocycles. The lowest BCUT2D eigenvalue weighted by Gasteiger charge is -2.18. The van der Waals surface area contributed by atoms with E-state index in [1.807, 2.05) is 26.0 Å². The topological polar surface area (TPSA) is 74.8 Å². The Kier molecular flexibility index (Phi) is 6.58. The summed E-state index contributed by atoms with van der Waals surface area (Å²) in [5.41, 5.74) is 2.86. The SMILES string of the molecule is Cc1ccc(/C=C/c2ccc(C)cc2S(=O)(=O)N2CCCC2)c(S(=O)(=O)N2CCCC2)c1. The van der Waals surface area contributed by atoms with Crippen molar-refractivity contribution in [2.45, 2.75) is 49.3 Å². The van der Waals surface area contributed by atoms with Crippen LogP contribution in [0.4, 0.5) is 0 Å². The molecule has 0 aliphatic carbocycles. The van der Waals surface area contributed by atoms with Crippen LogP contribution in [0, 0.1) is 13.8 Å². The molecule has 0 N–H and O–H groups in total. The predicted octanol–water partition coefficient (Wildman–Crippen LogP) is 4.04. The van der Waals surface area contributed by atoms with Crippen LogP contribution in [0.15, 0.2) is 46.2 Å². The molecule has 0 saturated carbocycles. The second-order valence-corrected chi connectivity index (χ2v) is 12.5. The molecule has 6 nitrogen and oxygen atoms in total. The van der Waals surface area contributed by atoms with Gasteiger partial charge in [-0.3, -0.25) is 0 Å². The zero-order valence-corrected chi connectivity index (χ0v) is 20.3. The van der Waals surface area contributed by atoms with Gasteiger partial charge in [0.2, 0.25) is 20.0 Å². The standard InChI is InChI=1S/C24H30N2O4S2/c1-19-7-9-21(23(17-19)31(27,28)25-13-3-4-14-25)11-12-22-10-8-20(2)18-24(22)32(29,30)26-15-5-6-16-26/h7-12,17-18H,3-6,13-16H2,1-2H3/b12-11+. The summed E-state index contributed by atoms with van der Waals surface area (Å²) in [6.07, 6.45) is 6.93. The van der Waals surface area contributed by atoms with Crippen LogP contribution in [0.2, 0.25) is 0 Å². The van der Waals surface area contributed by atoms with E-state index < -0.39 is 20.0 Å². The lowest BCUT2D eigenvalue weighted by molar-refractivity contribution is 0.476. The van der Waals surface area contributed by atoms with Crippen molar-refractivity contribution in [1.82, 2.24) is 8.61 Å². The Morgan fingerprint density at radius 3 is 1.31 bits per heavy atom. The summed E-state index contributed by atoms with van der Waals surface area (Å²) >= 11 is 0. The second kappa shape index (κ2) is 9.09. The first-order chi connectivity index (χ1) is 15.2. The first-order valence-corrected chi connectivity index (χ1v) is 14.0. The minimum absolute atomic E-state index is 0.270. The Balaban J connectivity index is 1.75. The fourth-order valence-electron chi connectivity index (χ4n) is 4.32. The number of hydrogen-bond donors (Lipinski definition) is 0. The van der Waals surface area contributed by atoms with E-state index >= 15 is 0 Å². The molecule has 2 fully saturated rings. The van der Waals surface area contributed by atoms with E-state index in [1.54, 1.807) is 36.4 Å². The van der Waals surface area contributed by atoms with Gasteiger partial charge in [0.1, 0.15) is 0 Å². The summed E-state index contributed by atoms with van der Waals surface area (Å²) in [5.74, 6) is 0. The van der Waals surface area contributed by atoms with Crippen molar-refractivity contribution in [2.24, 2.45) is 0 Å².